The number of hydrogen-bond acceptors (Lipinski definition) is 2. The minimum absolute atomic E-state index is 0.0423. The van der Waals surface area contributed by atoms with Crippen molar-refractivity contribution >= 4 is 17.5 Å². The van der Waals surface area contributed by atoms with E-state index in [1.807, 2.05) is 18.2 Å². The van der Waals surface area contributed by atoms with Crippen molar-refractivity contribution in [1.29, 1.82) is 0 Å². The van der Waals surface area contributed by atoms with Crippen LogP contribution in [0, 0.1) is 12.8 Å². The largest absolute Gasteiger partial charge is 0.349 e. The summed E-state index contributed by atoms with van der Waals surface area (Å²) in [6, 6.07) is 16.5. The number of amides is 1. The van der Waals surface area contributed by atoms with E-state index in [-0.39, 0.29) is 17.9 Å². The third-order valence-corrected chi connectivity index (χ3v) is 5.80. The Balaban J connectivity index is 1.60. The summed E-state index contributed by atoms with van der Waals surface area (Å²) < 4.78 is 0. The highest BCUT2D eigenvalue weighted by Crippen LogP contribution is 2.24. The normalized spacial score (nSPS) is 18.9. The van der Waals surface area contributed by atoms with Gasteiger partial charge in [0.05, 0.1) is 12.0 Å². The zero-order valence-electron chi connectivity index (χ0n) is 16.2. The van der Waals surface area contributed by atoms with E-state index in [0.29, 0.717) is 0 Å². The van der Waals surface area contributed by atoms with Crippen LogP contribution in [0.15, 0.2) is 48.5 Å². The number of benzene rings is 2. The summed E-state index contributed by atoms with van der Waals surface area (Å²) in [5, 5.41) is 4.08. The van der Waals surface area contributed by atoms with Gasteiger partial charge in [0.25, 0.3) is 0 Å². The zero-order chi connectivity index (χ0) is 19.2. The van der Waals surface area contributed by atoms with Crippen LogP contribution in [0.2, 0.25) is 5.02 Å². The molecule has 144 valence electrons. The molecule has 0 aromatic heterocycles. The molecule has 2 aromatic carbocycles. The minimum Gasteiger partial charge on any atom is -0.349 e. The summed E-state index contributed by atoms with van der Waals surface area (Å²) in [5.74, 6) is 0.215. The van der Waals surface area contributed by atoms with Crippen LogP contribution < -0.4 is 5.32 Å². The first-order valence-corrected chi connectivity index (χ1v) is 10.3. The molecule has 1 amide bonds. The Morgan fingerprint density at radius 1 is 1.22 bits per heavy atom. The lowest BCUT2D eigenvalue weighted by Crippen LogP contribution is -2.43. The Morgan fingerprint density at radius 2 is 1.96 bits per heavy atom. The molecule has 1 aliphatic rings. The second-order valence-electron chi connectivity index (χ2n) is 7.55. The van der Waals surface area contributed by atoms with Crippen molar-refractivity contribution in [2.45, 2.75) is 45.7 Å². The first kappa shape index (κ1) is 19.9. The fraction of sp³-hybridized carbons (Fsp3) is 0.435. The summed E-state index contributed by atoms with van der Waals surface area (Å²) in [5.41, 5.74) is 3.55. The lowest BCUT2D eigenvalue weighted by Gasteiger charge is -2.33. The maximum absolute atomic E-state index is 12.9. The maximum Gasteiger partial charge on any atom is 0.224 e. The van der Waals surface area contributed by atoms with Crippen LogP contribution in [0.1, 0.15) is 48.9 Å². The second-order valence-corrected chi connectivity index (χ2v) is 7.95. The molecule has 0 spiro atoms. The predicted molar refractivity (Wildman–Crippen MR) is 112 cm³/mol. The molecule has 0 bridgehead atoms. The standard InChI is InChI=1S/C23H29ClN2O/c1-3-22(18-12-10-17(2)11-13-18)25-23(27)20-8-6-14-26(16-20)15-19-7-4-5-9-21(19)24/h4-5,7,9-13,20,22H,3,6,8,14-16H2,1-2H3,(H,25,27)/t20-,22+/m0/s1. The van der Waals surface area contributed by atoms with E-state index < -0.39 is 0 Å². The van der Waals surface area contributed by atoms with Crippen molar-refractivity contribution in [3.63, 3.8) is 0 Å². The third-order valence-electron chi connectivity index (χ3n) is 5.43. The van der Waals surface area contributed by atoms with Gasteiger partial charge >= 0.3 is 0 Å². The fourth-order valence-corrected chi connectivity index (χ4v) is 3.99. The summed E-state index contributed by atoms with van der Waals surface area (Å²) in [7, 11) is 0. The lowest BCUT2D eigenvalue weighted by atomic mass is 9.95. The van der Waals surface area contributed by atoms with E-state index in [1.165, 1.54) is 11.1 Å². The maximum atomic E-state index is 12.9. The smallest absolute Gasteiger partial charge is 0.224 e. The third kappa shape index (κ3) is 5.33. The SMILES string of the molecule is CC[C@@H](NC(=O)[C@H]1CCCN(Cc2ccccc2Cl)C1)c1ccc(C)cc1. The molecule has 1 heterocycles. The number of likely N-dealkylation sites (tertiary alicyclic amines) is 1. The number of carbonyl (C=O) groups is 1. The van der Waals surface area contributed by atoms with Crippen molar-refractivity contribution in [2.24, 2.45) is 5.92 Å². The van der Waals surface area contributed by atoms with Gasteiger partial charge in [0, 0.05) is 18.1 Å². The summed E-state index contributed by atoms with van der Waals surface area (Å²) in [4.78, 5) is 15.3. The Kier molecular flexibility index (Phi) is 6.92. The van der Waals surface area contributed by atoms with Gasteiger partial charge in [-0.25, -0.2) is 0 Å². The van der Waals surface area contributed by atoms with Gasteiger partial charge in [-0.05, 0) is 49.9 Å². The van der Waals surface area contributed by atoms with Crippen molar-refractivity contribution < 1.29 is 4.79 Å². The molecule has 0 radical (unpaired) electrons. The van der Waals surface area contributed by atoms with Gasteiger partial charge in [0.1, 0.15) is 0 Å². The Bertz CT molecular complexity index is 759. The molecule has 3 rings (SSSR count). The van der Waals surface area contributed by atoms with Gasteiger partial charge in [-0.15, -0.1) is 0 Å². The number of rotatable bonds is 6. The van der Waals surface area contributed by atoms with E-state index in [1.54, 1.807) is 0 Å². The van der Waals surface area contributed by atoms with E-state index in [0.717, 1.165) is 49.5 Å². The van der Waals surface area contributed by atoms with Crippen LogP contribution in [0.25, 0.3) is 0 Å². The van der Waals surface area contributed by atoms with Gasteiger partial charge in [-0.3, -0.25) is 9.69 Å². The number of carbonyl (C=O) groups excluding carboxylic acids is 1. The van der Waals surface area contributed by atoms with E-state index in [2.05, 4.69) is 54.4 Å². The van der Waals surface area contributed by atoms with Crippen molar-refractivity contribution in [1.82, 2.24) is 10.2 Å². The number of nitrogens with one attached hydrogen (secondary N) is 1. The van der Waals surface area contributed by atoms with Crippen LogP contribution in [0.5, 0.6) is 0 Å². The van der Waals surface area contributed by atoms with Gasteiger partial charge in [0.15, 0.2) is 0 Å². The monoisotopic (exact) mass is 384 g/mol. The van der Waals surface area contributed by atoms with Crippen LogP contribution in [-0.4, -0.2) is 23.9 Å². The zero-order valence-corrected chi connectivity index (χ0v) is 17.0. The van der Waals surface area contributed by atoms with Crippen LogP contribution in [-0.2, 0) is 11.3 Å². The molecular formula is C23H29ClN2O. The van der Waals surface area contributed by atoms with Crippen molar-refractivity contribution in [3.8, 4) is 0 Å². The molecule has 0 unspecified atom stereocenters. The van der Waals surface area contributed by atoms with E-state index >= 15 is 0 Å². The molecule has 2 atom stereocenters. The highest BCUT2D eigenvalue weighted by Gasteiger charge is 2.27. The summed E-state index contributed by atoms with van der Waals surface area (Å²) in [6.07, 6.45) is 2.89. The number of aryl methyl sites for hydroxylation is 1. The van der Waals surface area contributed by atoms with Crippen LogP contribution in [0.4, 0.5) is 0 Å². The van der Waals surface area contributed by atoms with Crippen molar-refractivity contribution in [3.05, 3.63) is 70.2 Å². The molecule has 1 fully saturated rings. The number of piperidine rings is 1. The van der Waals surface area contributed by atoms with E-state index in [9.17, 15) is 4.79 Å². The summed E-state index contributed by atoms with van der Waals surface area (Å²) >= 11 is 6.30. The molecule has 27 heavy (non-hydrogen) atoms. The molecular weight excluding hydrogens is 356 g/mol. The topological polar surface area (TPSA) is 32.3 Å². The minimum atomic E-state index is 0.0423. The first-order chi connectivity index (χ1) is 13.1. The molecule has 0 aliphatic carbocycles. The van der Waals surface area contributed by atoms with Gasteiger partial charge in [-0.2, -0.15) is 0 Å². The van der Waals surface area contributed by atoms with Crippen LogP contribution in [0.3, 0.4) is 0 Å². The molecule has 0 saturated carbocycles. The molecule has 1 N–H and O–H groups in total. The molecule has 1 aliphatic heterocycles. The highest BCUT2D eigenvalue weighted by molar-refractivity contribution is 6.31. The Labute approximate surface area is 167 Å². The van der Waals surface area contributed by atoms with Crippen molar-refractivity contribution in [2.75, 3.05) is 13.1 Å². The van der Waals surface area contributed by atoms with Gasteiger partial charge in [0.2, 0.25) is 5.91 Å². The molecule has 3 nitrogen and oxygen atoms in total. The molecule has 1 saturated heterocycles. The Morgan fingerprint density at radius 3 is 2.67 bits per heavy atom. The first-order valence-electron chi connectivity index (χ1n) is 9.89. The lowest BCUT2D eigenvalue weighted by molar-refractivity contribution is -0.127. The second kappa shape index (κ2) is 9.38. The fourth-order valence-electron chi connectivity index (χ4n) is 3.79. The van der Waals surface area contributed by atoms with Crippen LogP contribution >= 0.6 is 11.6 Å². The Hall–Kier alpha value is -1.84. The number of nitrogens with zero attached hydrogens (tertiary/aromatic N) is 1. The predicted octanol–water partition coefficient (Wildman–Crippen LogP) is 5.13. The quantitative estimate of drug-likeness (QED) is 0.748. The molecule has 4 heteroatoms. The van der Waals surface area contributed by atoms with Gasteiger partial charge < -0.3 is 5.32 Å². The number of hydrogen-bond donors (Lipinski definition) is 1. The molecule has 2 aromatic rings. The average Bonchev–Trinajstić information content (AvgIpc) is 2.69. The average molecular weight is 385 g/mol. The van der Waals surface area contributed by atoms with Gasteiger partial charge in [-0.1, -0.05) is 66.6 Å². The highest BCUT2D eigenvalue weighted by atomic mass is 35.5. The van der Waals surface area contributed by atoms with E-state index in [4.69, 9.17) is 11.6 Å². The number of halogens is 1. The summed E-state index contributed by atoms with van der Waals surface area (Å²) in [6.45, 7) is 6.82.